The molecule has 0 aromatic heterocycles. The second-order valence-electron chi connectivity index (χ2n) is 3.55. The van der Waals surface area contributed by atoms with Gasteiger partial charge in [0.25, 0.3) is 5.69 Å². The molecule has 0 heterocycles. The van der Waals surface area contributed by atoms with Crippen molar-refractivity contribution in [2.75, 3.05) is 0 Å². The molecule has 106 valence electrons. The van der Waals surface area contributed by atoms with Gasteiger partial charge in [-0.3, -0.25) is 14.9 Å². The highest BCUT2D eigenvalue weighted by molar-refractivity contribution is 5.99. The number of carbonyl (C=O) groups excluding carboxylic acids is 2. The fourth-order valence-electron chi connectivity index (χ4n) is 1.35. The van der Waals surface area contributed by atoms with E-state index < -0.39 is 29.5 Å². The van der Waals surface area contributed by atoms with Gasteiger partial charge in [-0.05, 0) is 6.07 Å². The Morgan fingerprint density at radius 3 is 2.65 bits per heavy atom. The predicted octanol–water partition coefficient (Wildman–Crippen LogP) is -0.163. The van der Waals surface area contributed by atoms with Gasteiger partial charge < -0.3 is 15.2 Å². The minimum absolute atomic E-state index is 0.0466. The van der Waals surface area contributed by atoms with Crippen molar-refractivity contribution in [2.24, 2.45) is 0 Å². The molecular weight excluding hydrogens is 272 g/mol. The zero-order chi connectivity index (χ0) is 15.1. The van der Waals surface area contributed by atoms with Gasteiger partial charge in [0.1, 0.15) is 6.61 Å². The van der Waals surface area contributed by atoms with Crippen LogP contribution < -0.4 is 5.32 Å². The summed E-state index contributed by atoms with van der Waals surface area (Å²) < 4.78 is 4.65. The van der Waals surface area contributed by atoms with Gasteiger partial charge in [0.2, 0.25) is 12.5 Å². The summed E-state index contributed by atoms with van der Waals surface area (Å²) >= 11 is 0. The molecule has 1 rings (SSSR count). The lowest BCUT2D eigenvalue weighted by atomic mass is 10.2. The fraction of sp³-hybridized carbons (Fsp3) is 0.182. The Morgan fingerprint density at radius 1 is 1.45 bits per heavy atom. The van der Waals surface area contributed by atoms with E-state index in [1.165, 1.54) is 24.3 Å². The van der Waals surface area contributed by atoms with Crippen molar-refractivity contribution < 1.29 is 29.2 Å². The third kappa shape index (κ3) is 3.77. The van der Waals surface area contributed by atoms with Crippen LogP contribution in [0.25, 0.3) is 0 Å². The molecule has 0 aliphatic carbocycles. The summed E-state index contributed by atoms with van der Waals surface area (Å²) in [5.74, 6) is -2.81. The number of nitrogens with zero attached hydrogens (tertiary/aromatic N) is 1. The van der Waals surface area contributed by atoms with E-state index >= 15 is 0 Å². The first kappa shape index (κ1) is 15.1. The number of carbonyl (C=O) groups is 3. The molecule has 20 heavy (non-hydrogen) atoms. The SMILES string of the molecule is O=CNC(C(=O)O)C(=O)OCc1ccccc1[N+](=O)[O-]. The first-order valence-electron chi connectivity index (χ1n) is 5.28. The molecule has 0 fully saturated rings. The van der Waals surface area contributed by atoms with Crippen LogP contribution in [0.3, 0.4) is 0 Å². The summed E-state index contributed by atoms with van der Waals surface area (Å²) in [7, 11) is 0. The second kappa shape index (κ2) is 6.83. The Morgan fingerprint density at radius 2 is 2.10 bits per heavy atom. The maximum absolute atomic E-state index is 11.4. The summed E-state index contributed by atoms with van der Waals surface area (Å²) in [6.45, 7) is -0.472. The average molecular weight is 282 g/mol. The number of hydrogen-bond acceptors (Lipinski definition) is 6. The molecule has 0 saturated carbocycles. The van der Waals surface area contributed by atoms with E-state index in [9.17, 15) is 24.5 Å². The van der Waals surface area contributed by atoms with Crippen molar-refractivity contribution in [2.45, 2.75) is 12.6 Å². The maximum atomic E-state index is 11.4. The molecule has 0 spiro atoms. The van der Waals surface area contributed by atoms with Crippen LogP contribution in [0.5, 0.6) is 0 Å². The molecule has 0 saturated heterocycles. The number of aliphatic carboxylic acids is 1. The van der Waals surface area contributed by atoms with Gasteiger partial charge in [-0.1, -0.05) is 12.1 Å². The Labute approximate surface area is 112 Å². The molecule has 1 aromatic rings. The van der Waals surface area contributed by atoms with Crippen molar-refractivity contribution in [3.8, 4) is 0 Å². The number of nitro groups is 1. The minimum Gasteiger partial charge on any atom is -0.479 e. The quantitative estimate of drug-likeness (QED) is 0.233. The van der Waals surface area contributed by atoms with E-state index in [1.54, 1.807) is 5.32 Å². The van der Waals surface area contributed by atoms with E-state index in [-0.39, 0.29) is 17.7 Å². The Bertz CT molecular complexity index is 543. The molecule has 1 aromatic carbocycles. The van der Waals surface area contributed by atoms with Crippen LogP contribution in [0.2, 0.25) is 0 Å². The van der Waals surface area contributed by atoms with Crippen LogP contribution in [-0.2, 0) is 25.7 Å². The highest BCUT2D eigenvalue weighted by atomic mass is 16.6. The van der Waals surface area contributed by atoms with Gasteiger partial charge in [0, 0.05) is 6.07 Å². The first-order valence-corrected chi connectivity index (χ1v) is 5.28. The van der Waals surface area contributed by atoms with E-state index in [0.29, 0.717) is 0 Å². The number of esters is 1. The number of carboxylic acid groups (broad SMARTS) is 1. The highest BCUT2D eigenvalue weighted by Gasteiger charge is 2.27. The van der Waals surface area contributed by atoms with Crippen molar-refractivity contribution in [3.05, 3.63) is 39.9 Å². The number of rotatable bonds is 7. The Kier molecular flexibility index (Phi) is 5.15. The second-order valence-corrected chi connectivity index (χ2v) is 3.55. The van der Waals surface area contributed by atoms with Crippen LogP contribution >= 0.6 is 0 Å². The van der Waals surface area contributed by atoms with Gasteiger partial charge >= 0.3 is 11.9 Å². The van der Waals surface area contributed by atoms with E-state index in [4.69, 9.17) is 5.11 Å². The summed E-state index contributed by atoms with van der Waals surface area (Å²) in [4.78, 5) is 42.4. The van der Waals surface area contributed by atoms with Crippen molar-refractivity contribution >= 4 is 24.0 Å². The highest BCUT2D eigenvalue weighted by Crippen LogP contribution is 2.18. The molecule has 0 aliphatic heterocycles. The summed E-state index contributed by atoms with van der Waals surface area (Å²) in [5, 5.41) is 21.2. The van der Waals surface area contributed by atoms with Crippen molar-refractivity contribution in [1.82, 2.24) is 5.32 Å². The third-order valence-corrected chi connectivity index (χ3v) is 2.28. The topological polar surface area (TPSA) is 136 Å². The average Bonchev–Trinajstić information content (AvgIpc) is 2.42. The number of hydrogen-bond donors (Lipinski definition) is 2. The zero-order valence-corrected chi connectivity index (χ0v) is 10.0. The maximum Gasteiger partial charge on any atom is 0.340 e. The van der Waals surface area contributed by atoms with Gasteiger partial charge in [-0.25, -0.2) is 9.59 Å². The molecule has 9 heteroatoms. The number of benzene rings is 1. The molecule has 0 bridgehead atoms. The number of para-hydroxylation sites is 1. The van der Waals surface area contributed by atoms with Crippen LogP contribution in [0, 0.1) is 10.1 Å². The molecular formula is C11H10N2O7. The first-order chi connectivity index (χ1) is 9.47. The van der Waals surface area contributed by atoms with E-state index in [1.807, 2.05) is 0 Å². The fourth-order valence-corrected chi connectivity index (χ4v) is 1.35. The molecule has 1 unspecified atom stereocenters. The number of amides is 1. The number of ether oxygens (including phenoxy) is 1. The summed E-state index contributed by atoms with van der Waals surface area (Å²) in [6, 6.07) is 3.69. The van der Waals surface area contributed by atoms with Gasteiger partial charge in [-0.15, -0.1) is 0 Å². The van der Waals surface area contributed by atoms with Gasteiger partial charge in [-0.2, -0.15) is 0 Å². The summed E-state index contributed by atoms with van der Waals surface area (Å²) in [6.07, 6.45) is 0.0466. The lowest BCUT2D eigenvalue weighted by Gasteiger charge is -2.10. The van der Waals surface area contributed by atoms with E-state index in [2.05, 4.69) is 4.74 Å². The number of nitrogens with one attached hydrogen (secondary N) is 1. The standard InChI is InChI=1S/C11H10N2O7/c14-6-12-9(10(15)16)11(17)20-5-7-3-1-2-4-8(7)13(18)19/h1-4,6,9H,5H2,(H,12,14)(H,15,16). The Balaban J connectivity index is 2.76. The Hall–Kier alpha value is -2.97. The zero-order valence-electron chi connectivity index (χ0n) is 10.0. The van der Waals surface area contributed by atoms with Crippen LogP contribution in [0.1, 0.15) is 5.56 Å². The van der Waals surface area contributed by atoms with Crippen LogP contribution in [-0.4, -0.2) is 34.4 Å². The minimum atomic E-state index is -1.85. The molecule has 2 N–H and O–H groups in total. The van der Waals surface area contributed by atoms with Crippen LogP contribution in [0.15, 0.2) is 24.3 Å². The molecule has 1 amide bonds. The number of carboxylic acids is 1. The van der Waals surface area contributed by atoms with Gasteiger partial charge in [0.05, 0.1) is 10.5 Å². The smallest absolute Gasteiger partial charge is 0.340 e. The van der Waals surface area contributed by atoms with E-state index in [0.717, 1.165) is 0 Å². The van der Waals surface area contributed by atoms with Crippen LogP contribution in [0.4, 0.5) is 5.69 Å². The molecule has 0 radical (unpaired) electrons. The third-order valence-electron chi connectivity index (χ3n) is 2.28. The predicted molar refractivity (Wildman–Crippen MR) is 63.5 cm³/mol. The van der Waals surface area contributed by atoms with Crippen molar-refractivity contribution in [1.29, 1.82) is 0 Å². The van der Waals surface area contributed by atoms with Crippen molar-refractivity contribution in [3.63, 3.8) is 0 Å². The normalized spacial score (nSPS) is 11.2. The lowest BCUT2D eigenvalue weighted by molar-refractivity contribution is -0.385. The molecule has 0 aliphatic rings. The lowest BCUT2D eigenvalue weighted by Crippen LogP contribution is -2.43. The monoisotopic (exact) mass is 282 g/mol. The largest absolute Gasteiger partial charge is 0.479 e. The number of nitro benzene ring substituents is 1. The molecule has 9 nitrogen and oxygen atoms in total. The molecule has 1 atom stereocenters. The van der Waals surface area contributed by atoms with Gasteiger partial charge in [0.15, 0.2) is 0 Å². The summed E-state index contributed by atoms with van der Waals surface area (Å²) in [5.41, 5.74) is -0.142.